The second-order valence-corrected chi connectivity index (χ2v) is 4.85. The quantitative estimate of drug-likeness (QED) is 0.463. The molecule has 3 nitrogen and oxygen atoms in total. The number of aryl methyl sites for hydroxylation is 1. The van der Waals surface area contributed by atoms with Crippen LogP contribution in [0.1, 0.15) is 35.7 Å². The third-order valence-corrected chi connectivity index (χ3v) is 2.94. The molecule has 0 heterocycles. The monoisotopic (exact) mass is 281 g/mol. The molecule has 2 aromatic rings. The van der Waals surface area contributed by atoms with E-state index in [0.717, 1.165) is 17.7 Å². The van der Waals surface area contributed by atoms with Crippen molar-refractivity contribution in [1.82, 2.24) is 0 Å². The molecule has 0 saturated carbocycles. The van der Waals surface area contributed by atoms with Crippen molar-refractivity contribution in [3.05, 3.63) is 65.7 Å². The van der Waals surface area contributed by atoms with E-state index in [1.165, 1.54) is 0 Å². The largest absolute Gasteiger partial charge is 0.408 e. The maximum Gasteiger partial charge on any atom is 0.344 e. The minimum atomic E-state index is -0.359. The Labute approximate surface area is 125 Å². The molecule has 0 radical (unpaired) electrons. The van der Waals surface area contributed by atoms with E-state index in [9.17, 15) is 4.79 Å². The van der Waals surface area contributed by atoms with E-state index < -0.39 is 0 Å². The summed E-state index contributed by atoms with van der Waals surface area (Å²) in [6.07, 6.45) is 1.50. The topological polar surface area (TPSA) is 38.7 Å². The summed E-state index contributed by atoms with van der Waals surface area (Å²) in [5.74, 6) is 0.0945. The van der Waals surface area contributed by atoms with Crippen molar-refractivity contribution in [3.63, 3.8) is 0 Å². The highest BCUT2D eigenvalue weighted by Crippen LogP contribution is 2.14. The predicted molar refractivity (Wildman–Crippen MR) is 85.0 cm³/mol. The zero-order valence-electron chi connectivity index (χ0n) is 12.4. The van der Waals surface area contributed by atoms with Gasteiger partial charge >= 0.3 is 5.97 Å². The Bertz CT molecular complexity index is 633. The second kappa shape index (κ2) is 7.39. The van der Waals surface area contributed by atoms with Crippen molar-refractivity contribution in [2.45, 2.75) is 26.7 Å². The van der Waals surface area contributed by atoms with Crippen LogP contribution in [0.15, 0.2) is 59.6 Å². The third kappa shape index (κ3) is 4.56. The van der Waals surface area contributed by atoms with Gasteiger partial charge in [-0.3, -0.25) is 0 Å². The minimum Gasteiger partial charge on any atom is -0.408 e. The SMILES string of the molecule is CCCC(=Nc1ccccc1)OC(=O)c1cccc(C)c1. The van der Waals surface area contributed by atoms with E-state index in [1.807, 2.05) is 62.4 Å². The summed E-state index contributed by atoms with van der Waals surface area (Å²) in [5, 5.41) is 0. The van der Waals surface area contributed by atoms with Crippen molar-refractivity contribution in [1.29, 1.82) is 0 Å². The van der Waals surface area contributed by atoms with Gasteiger partial charge in [0.1, 0.15) is 0 Å². The lowest BCUT2D eigenvalue weighted by Crippen LogP contribution is -2.12. The van der Waals surface area contributed by atoms with E-state index in [-0.39, 0.29) is 5.97 Å². The molecule has 0 bridgehead atoms. The maximum atomic E-state index is 12.2. The number of hydrogen-bond donors (Lipinski definition) is 0. The van der Waals surface area contributed by atoms with Crippen LogP contribution in [0.2, 0.25) is 0 Å². The molecule has 21 heavy (non-hydrogen) atoms. The fourth-order valence-corrected chi connectivity index (χ4v) is 1.93. The van der Waals surface area contributed by atoms with Crippen LogP contribution < -0.4 is 0 Å². The normalized spacial score (nSPS) is 11.2. The molecule has 0 aliphatic carbocycles. The number of para-hydroxylation sites is 1. The summed E-state index contributed by atoms with van der Waals surface area (Å²) in [4.78, 5) is 16.6. The van der Waals surface area contributed by atoms with Crippen LogP contribution in [-0.2, 0) is 4.74 Å². The standard InChI is InChI=1S/C18H19NO2/c1-3-8-17(19-16-11-5-4-6-12-16)21-18(20)15-10-7-9-14(2)13-15/h4-7,9-13H,3,8H2,1-2H3. The number of nitrogens with zero attached hydrogens (tertiary/aromatic N) is 1. The molecule has 0 fully saturated rings. The van der Waals surface area contributed by atoms with Gasteiger partial charge in [-0.15, -0.1) is 0 Å². The summed E-state index contributed by atoms with van der Waals surface area (Å²) < 4.78 is 5.45. The van der Waals surface area contributed by atoms with Crippen molar-refractivity contribution < 1.29 is 9.53 Å². The molecule has 0 saturated heterocycles. The first-order chi connectivity index (χ1) is 10.2. The molecular formula is C18H19NO2. The molecule has 0 aliphatic heterocycles. The van der Waals surface area contributed by atoms with Crippen LogP contribution in [0.25, 0.3) is 0 Å². The summed E-state index contributed by atoms with van der Waals surface area (Å²) in [7, 11) is 0. The fourth-order valence-electron chi connectivity index (χ4n) is 1.93. The lowest BCUT2D eigenvalue weighted by atomic mass is 10.1. The first-order valence-electron chi connectivity index (χ1n) is 7.10. The third-order valence-electron chi connectivity index (χ3n) is 2.94. The van der Waals surface area contributed by atoms with Gasteiger partial charge in [0.05, 0.1) is 11.3 Å². The Morgan fingerprint density at radius 3 is 2.52 bits per heavy atom. The number of carbonyl (C=O) groups is 1. The summed E-state index contributed by atoms with van der Waals surface area (Å²) in [6.45, 7) is 3.98. The zero-order chi connectivity index (χ0) is 15.1. The van der Waals surface area contributed by atoms with Gasteiger partial charge in [0.2, 0.25) is 0 Å². The average Bonchev–Trinajstić information content (AvgIpc) is 2.48. The van der Waals surface area contributed by atoms with Crippen molar-refractivity contribution in [2.75, 3.05) is 0 Å². The van der Waals surface area contributed by atoms with E-state index in [4.69, 9.17) is 4.74 Å². The smallest absolute Gasteiger partial charge is 0.344 e. The van der Waals surface area contributed by atoms with E-state index in [1.54, 1.807) is 6.07 Å². The number of hydrogen-bond acceptors (Lipinski definition) is 3. The Hall–Kier alpha value is -2.42. The van der Waals surface area contributed by atoms with Gasteiger partial charge in [-0.25, -0.2) is 9.79 Å². The van der Waals surface area contributed by atoms with Crippen LogP contribution >= 0.6 is 0 Å². The van der Waals surface area contributed by atoms with Gasteiger partial charge in [-0.2, -0.15) is 0 Å². The molecule has 0 aromatic heterocycles. The van der Waals surface area contributed by atoms with Crippen LogP contribution in [0.4, 0.5) is 5.69 Å². The number of aliphatic imine (C=N–C) groups is 1. The van der Waals surface area contributed by atoms with Crippen molar-refractivity contribution in [2.24, 2.45) is 4.99 Å². The molecule has 3 heteroatoms. The highest BCUT2D eigenvalue weighted by molar-refractivity contribution is 5.99. The molecule has 0 N–H and O–H groups in total. The number of ether oxygens (including phenoxy) is 1. The highest BCUT2D eigenvalue weighted by atomic mass is 16.5. The summed E-state index contributed by atoms with van der Waals surface area (Å²) in [5.41, 5.74) is 2.37. The fraction of sp³-hybridized carbons (Fsp3) is 0.222. The molecule has 0 amide bonds. The minimum absolute atomic E-state index is 0.359. The Morgan fingerprint density at radius 2 is 1.86 bits per heavy atom. The predicted octanol–water partition coefficient (Wildman–Crippen LogP) is 4.68. The van der Waals surface area contributed by atoms with Gasteiger partial charge in [0.15, 0.2) is 5.90 Å². The van der Waals surface area contributed by atoms with Gasteiger partial charge in [0.25, 0.3) is 0 Å². The number of rotatable bonds is 4. The van der Waals surface area contributed by atoms with E-state index >= 15 is 0 Å². The Morgan fingerprint density at radius 1 is 1.10 bits per heavy atom. The number of carbonyl (C=O) groups excluding carboxylic acids is 1. The van der Waals surface area contributed by atoms with Crippen LogP contribution in [-0.4, -0.2) is 11.9 Å². The van der Waals surface area contributed by atoms with Gasteiger partial charge in [0, 0.05) is 6.42 Å². The zero-order valence-corrected chi connectivity index (χ0v) is 12.4. The van der Waals surface area contributed by atoms with E-state index in [0.29, 0.717) is 17.9 Å². The highest BCUT2D eigenvalue weighted by Gasteiger charge is 2.11. The Balaban J connectivity index is 2.16. The van der Waals surface area contributed by atoms with Gasteiger partial charge < -0.3 is 4.74 Å². The maximum absolute atomic E-state index is 12.2. The molecule has 0 unspecified atom stereocenters. The van der Waals surface area contributed by atoms with Crippen LogP contribution in [0.5, 0.6) is 0 Å². The Kier molecular flexibility index (Phi) is 5.27. The second-order valence-electron chi connectivity index (χ2n) is 4.85. The molecule has 0 atom stereocenters. The lowest BCUT2D eigenvalue weighted by molar-refractivity contribution is 0.0711. The molecule has 2 aromatic carbocycles. The first kappa shape index (κ1) is 15.0. The molecule has 0 aliphatic rings. The van der Waals surface area contributed by atoms with Gasteiger partial charge in [-0.05, 0) is 37.6 Å². The molecule has 0 spiro atoms. The molecular weight excluding hydrogens is 262 g/mol. The van der Waals surface area contributed by atoms with Crippen molar-refractivity contribution >= 4 is 17.6 Å². The van der Waals surface area contributed by atoms with Crippen LogP contribution in [0.3, 0.4) is 0 Å². The number of benzene rings is 2. The van der Waals surface area contributed by atoms with Crippen molar-refractivity contribution in [3.8, 4) is 0 Å². The lowest BCUT2D eigenvalue weighted by Gasteiger charge is -2.07. The molecule has 2 rings (SSSR count). The first-order valence-corrected chi connectivity index (χ1v) is 7.10. The van der Waals surface area contributed by atoms with Crippen LogP contribution in [0, 0.1) is 6.92 Å². The average molecular weight is 281 g/mol. The summed E-state index contributed by atoms with van der Waals surface area (Å²) >= 11 is 0. The van der Waals surface area contributed by atoms with E-state index in [2.05, 4.69) is 4.99 Å². The van der Waals surface area contributed by atoms with Gasteiger partial charge in [-0.1, -0.05) is 42.8 Å². The molecule has 108 valence electrons. The number of esters is 1. The summed E-state index contributed by atoms with van der Waals surface area (Å²) in [6, 6.07) is 16.9.